The summed E-state index contributed by atoms with van der Waals surface area (Å²) >= 11 is 0. The summed E-state index contributed by atoms with van der Waals surface area (Å²) in [6, 6.07) is 14.6. The van der Waals surface area contributed by atoms with Gasteiger partial charge >= 0.3 is 0 Å². The molecular weight excluding hydrogens is 360 g/mol. The molecule has 166 valence electrons. The van der Waals surface area contributed by atoms with Gasteiger partial charge < -0.3 is 0 Å². The summed E-state index contributed by atoms with van der Waals surface area (Å²) in [7, 11) is 0. The van der Waals surface area contributed by atoms with Crippen molar-refractivity contribution in [3.63, 3.8) is 0 Å². The summed E-state index contributed by atoms with van der Waals surface area (Å²) in [5, 5.41) is 0. The van der Waals surface area contributed by atoms with Crippen LogP contribution in [-0.4, -0.2) is 0 Å². The molecule has 0 heteroatoms. The smallest absolute Gasteiger partial charge is 0.0132 e. The predicted octanol–water partition coefficient (Wildman–Crippen LogP) is 8.66. The molecule has 0 aliphatic rings. The lowest BCUT2D eigenvalue weighted by Crippen LogP contribution is -2.18. The molecule has 0 nitrogen and oxygen atoms in total. The number of rotatable bonds is 3. The molecule has 2 aromatic carbocycles. The van der Waals surface area contributed by atoms with Gasteiger partial charge in [-0.15, -0.1) is 0 Å². The maximum atomic E-state index is 2.44. The van der Waals surface area contributed by atoms with Crippen molar-refractivity contribution < 1.29 is 0 Å². The third-order valence-corrected chi connectivity index (χ3v) is 6.15. The van der Waals surface area contributed by atoms with E-state index >= 15 is 0 Å². The van der Waals surface area contributed by atoms with E-state index in [-0.39, 0.29) is 21.7 Å². The molecule has 0 saturated heterocycles. The van der Waals surface area contributed by atoms with Gasteiger partial charge in [-0.2, -0.15) is 0 Å². The van der Waals surface area contributed by atoms with Crippen LogP contribution in [0.1, 0.15) is 116 Å². The van der Waals surface area contributed by atoms with E-state index in [9.17, 15) is 0 Å². The van der Waals surface area contributed by atoms with Crippen LogP contribution in [0.3, 0.4) is 0 Å². The van der Waals surface area contributed by atoms with Crippen LogP contribution in [0, 0.1) is 0 Å². The fraction of sp³-hybridized carbons (Fsp3) is 0.600. The van der Waals surface area contributed by atoms with Crippen LogP contribution >= 0.6 is 0 Å². The van der Waals surface area contributed by atoms with Crippen molar-refractivity contribution in [2.75, 3.05) is 0 Å². The SMILES string of the molecule is CC(C)(C)c1cc(CCc2cc(C(C)(C)C)cc(C(C)(C)C)c2)cc(C(C)(C)C)c1. The van der Waals surface area contributed by atoms with Gasteiger partial charge in [-0.05, 0) is 67.9 Å². The Labute approximate surface area is 187 Å². The first kappa shape index (κ1) is 24.7. The minimum atomic E-state index is 0.168. The minimum Gasteiger partial charge on any atom is -0.0561 e. The first-order valence-corrected chi connectivity index (χ1v) is 11.7. The normalized spacial score (nSPS) is 13.6. The van der Waals surface area contributed by atoms with Crippen molar-refractivity contribution in [2.24, 2.45) is 0 Å². The van der Waals surface area contributed by atoms with Crippen molar-refractivity contribution in [2.45, 2.75) is 118 Å². The molecule has 0 saturated carbocycles. The number of hydrogen-bond acceptors (Lipinski definition) is 0. The predicted molar refractivity (Wildman–Crippen MR) is 135 cm³/mol. The van der Waals surface area contributed by atoms with Crippen molar-refractivity contribution in [3.8, 4) is 0 Å². The molecule has 0 bridgehead atoms. The summed E-state index contributed by atoms with van der Waals surface area (Å²) < 4.78 is 0. The van der Waals surface area contributed by atoms with E-state index in [0.29, 0.717) is 0 Å². The van der Waals surface area contributed by atoms with Gasteiger partial charge in [-0.25, -0.2) is 0 Å². The van der Waals surface area contributed by atoms with Crippen LogP contribution < -0.4 is 0 Å². The molecule has 0 aliphatic carbocycles. The fourth-order valence-corrected chi connectivity index (χ4v) is 3.69. The van der Waals surface area contributed by atoms with Crippen LogP contribution in [0.15, 0.2) is 36.4 Å². The highest BCUT2D eigenvalue weighted by Gasteiger charge is 2.22. The highest BCUT2D eigenvalue weighted by atomic mass is 14.3. The topological polar surface area (TPSA) is 0 Å². The van der Waals surface area contributed by atoms with E-state index in [0.717, 1.165) is 12.8 Å². The molecule has 0 unspecified atom stereocenters. The molecule has 0 N–H and O–H groups in total. The number of aryl methyl sites for hydroxylation is 2. The molecule has 0 spiro atoms. The van der Waals surface area contributed by atoms with Crippen LogP contribution in [0.5, 0.6) is 0 Å². The molecule has 30 heavy (non-hydrogen) atoms. The van der Waals surface area contributed by atoms with Gasteiger partial charge in [0.15, 0.2) is 0 Å². The van der Waals surface area contributed by atoms with Gasteiger partial charge in [0.05, 0.1) is 0 Å². The van der Waals surface area contributed by atoms with E-state index in [2.05, 4.69) is 119 Å². The van der Waals surface area contributed by atoms with Gasteiger partial charge in [0.1, 0.15) is 0 Å². The Balaban J connectivity index is 2.43. The summed E-state index contributed by atoms with van der Waals surface area (Å²) in [5.74, 6) is 0. The molecule has 0 aromatic heterocycles. The largest absolute Gasteiger partial charge is 0.0561 e. The zero-order valence-electron chi connectivity index (χ0n) is 21.9. The summed E-state index contributed by atoms with van der Waals surface area (Å²) in [6.07, 6.45) is 2.17. The van der Waals surface area contributed by atoms with Crippen LogP contribution in [0.4, 0.5) is 0 Å². The average Bonchev–Trinajstić information content (AvgIpc) is 2.56. The van der Waals surface area contributed by atoms with E-state index < -0.39 is 0 Å². The Kier molecular flexibility index (Phi) is 6.73. The first-order valence-electron chi connectivity index (χ1n) is 11.7. The van der Waals surface area contributed by atoms with Crippen LogP contribution in [0.2, 0.25) is 0 Å². The van der Waals surface area contributed by atoms with Crippen molar-refractivity contribution in [3.05, 3.63) is 69.8 Å². The van der Waals surface area contributed by atoms with Gasteiger partial charge in [0.25, 0.3) is 0 Å². The first-order chi connectivity index (χ1) is 13.4. The maximum absolute atomic E-state index is 2.44. The van der Waals surface area contributed by atoms with E-state index in [4.69, 9.17) is 0 Å². The summed E-state index contributed by atoms with van der Waals surface area (Å²) in [6.45, 7) is 27.8. The molecule has 2 aromatic rings. The summed E-state index contributed by atoms with van der Waals surface area (Å²) in [4.78, 5) is 0. The molecular formula is C30H46. The van der Waals surface area contributed by atoms with Crippen LogP contribution in [0.25, 0.3) is 0 Å². The zero-order valence-corrected chi connectivity index (χ0v) is 21.9. The van der Waals surface area contributed by atoms with E-state index in [1.165, 1.54) is 33.4 Å². The lowest BCUT2D eigenvalue weighted by molar-refractivity contribution is 0.564. The number of benzene rings is 2. The van der Waals surface area contributed by atoms with E-state index in [1.807, 2.05) is 0 Å². The summed E-state index contributed by atoms with van der Waals surface area (Å²) in [5.41, 5.74) is 9.39. The van der Waals surface area contributed by atoms with E-state index in [1.54, 1.807) is 0 Å². The second kappa shape index (κ2) is 8.18. The highest BCUT2D eigenvalue weighted by Crippen LogP contribution is 2.33. The number of hydrogen-bond donors (Lipinski definition) is 0. The van der Waals surface area contributed by atoms with Gasteiger partial charge in [0.2, 0.25) is 0 Å². The maximum Gasteiger partial charge on any atom is -0.0132 e. The average molecular weight is 407 g/mol. The van der Waals surface area contributed by atoms with Gasteiger partial charge in [0, 0.05) is 0 Å². The molecule has 0 aliphatic heterocycles. The molecule has 2 rings (SSSR count). The van der Waals surface area contributed by atoms with Crippen molar-refractivity contribution in [1.29, 1.82) is 0 Å². The second-order valence-corrected chi connectivity index (χ2v) is 13.3. The van der Waals surface area contributed by atoms with Crippen LogP contribution in [-0.2, 0) is 34.5 Å². The lowest BCUT2D eigenvalue weighted by atomic mass is 9.78. The monoisotopic (exact) mass is 406 g/mol. The van der Waals surface area contributed by atoms with Crippen molar-refractivity contribution in [1.82, 2.24) is 0 Å². The third-order valence-electron chi connectivity index (χ3n) is 6.15. The minimum absolute atomic E-state index is 0.168. The fourth-order valence-electron chi connectivity index (χ4n) is 3.69. The molecule has 0 radical (unpaired) electrons. The van der Waals surface area contributed by atoms with Crippen molar-refractivity contribution >= 4 is 0 Å². The Bertz CT molecular complexity index is 728. The zero-order chi connectivity index (χ0) is 23.1. The third kappa shape index (κ3) is 6.47. The standard InChI is InChI=1S/C30H46/c1-27(2,3)23-15-21(16-24(19-23)28(4,5)6)13-14-22-17-25(29(7,8)9)20-26(18-22)30(10,11)12/h15-20H,13-14H2,1-12H3. The quantitative estimate of drug-likeness (QED) is 0.478. The second-order valence-electron chi connectivity index (χ2n) is 13.3. The van der Waals surface area contributed by atoms with Gasteiger partial charge in [-0.3, -0.25) is 0 Å². The highest BCUT2D eigenvalue weighted by molar-refractivity contribution is 5.40. The molecule has 0 amide bonds. The van der Waals surface area contributed by atoms with Gasteiger partial charge in [-0.1, -0.05) is 119 Å². The Hall–Kier alpha value is -1.56. The molecule has 0 atom stereocenters. The Morgan fingerprint density at radius 3 is 0.733 bits per heavy atom. The molecule has 0 fully saturated rings. The molecule has 0 heterocycles. The Morgan fingerprint density at radius 2 is 0.567 bits per heavy atom. The Morgan fingerprint density at radius 1 is 0.367 bits per heavy atom. The lowest BCUT2D eigenvalue weighted by Gasteiger charge is -2.27.